The molecule has 2 aromatic carbocycles. The SMILES string of the molecule is C[C@H](NC(=O)c1ccc(NC(=O)C2CC2)cc1)c1ccc(Cl)cc1. The Balaban J connectivity index is 1.59. The number of anilines is 1. The van der Waals surface area contributed by atoms with Crippen LogP contribution in [-0.4, -0.2) is 11.8 Å². The highest BCUT2D eigenvalue weighted by atomic mass is 35.5. The number of benzene rings is 2. The van der Waals surface area contributed by atoms with E-state index in [4.69, 9.17) is 11.6 Å². The summed E-state index contributed by atoms with van der Waals surface area (Å²) in [6.07, 6.45) is 1.93. The van der Waals surface area contributed by atoms with E-state index in [1.165, 1.54) is 0 Å². The van der Waals surface area contributed by atoms with Gasteiger partial charge in [0.2, 0.25) is 5.91 Å². The third-order valence-electron chi connectivity index (χ3n) is 4.08. The Morgan fingerprint density at radius 1 is 1.04 bits per heavy atom. The predicted octanol–water partition coefficient (Wildman–Crippen LogP) is 4.18. The second-order valence-corrected chi connectivity index (χ2v) is 6.52. The minimum Gasteiger partial charge on any atom is -0.346 e. The molecule has 24 heavy (non-hydrogen) atoms. The number of hydrogen-bond acceptors (Lipinski definition) is 2. The second kappa shape index (κ2) is 7.05. The van der Waals surface area contributed by atoms with Gasteiger partial charge in [0.1, 0.15) is 0 Å². The van der Waals surface area contributed by atoms with E-state index in [1.807, 2.05) is 19.1 Å². The van der Waals surface area contributed by atoms with Gasteiger partial charge < -0.3 is 10.6 Å². The number of nitrogens with one attached hydrogen (secondary N) is 2. The fourth-order valence-corrected chi connectivity index (χ4v) is 2.54. The molecule has 0 bridgehead atoms. The van der Waals surface area contributed by atoms with Crippen molar-refractivity contribution in [3.05, 3.63) is 64.7 Å². The average molecular weight is 343 g/mol. The summed E-state index contributed by atoms with van der Waals surface area (Å²) in [7, 11) is 0. The van der Waals surface area contributed by atoms with Gasteiger partial charge in [-0.15, -0.1) is 0 Å². The van der Waals surface area contributed by atoms with Crippen molar-refractivity contribution in [1.29, 1.82) is 0 Å². The van der Waals surface area contributed by atoms with Crippen molar-refractivity contribution >= 4 is 29.1 Å². The molecule has 0 aromatic heterocycles. The lowest BCUT2D eigenvalue weighted by atomic mass is 10.1. The molecule has 2 N–H and O–H groups in total. The first-order valence-electron chi connectivity index (χ1n) is 8.00. The van der Waals surface area contributed by atoms with Crippen LogP contribution in [0.5, 0.6) is 0 Å². The third-order valence-corrected chi connectivity index (χ3v) is 4.33. The molecule has 1 aliphatic rings. The first kappa shape index (κ1) is 16.5. The van der Waals surface area contributed by atoms with E-state index in [0.29, 0.717) is 16.3 Å². The minimum atomic E-state index is -0.155. The zero-order chi connectivity index (χ0) is 17.1. The maximum atomic E-state index is 12.3. The van der Waals surface area contributed by atoms with E-state index in [9.17, 15) is 9.59 Å². The van der Waals surface area contributed by atoms with Gasteiger partial charge in [-0.3, -0.25) is 9.59 Å². The van der Waals surface area contributed by atoms with Crippen LogP contribution in [0.15, 0.2) is 48.5 Å². The van der Waals surface area contributed by atoms with Crippen LogP contribution in [0, 0.1) is 5.92 Å². The third kappa shape index (κ3) is 4.15. The van der Waals surface area contributed by atoms with Crippen molar-refractivity contribution in [3.8, 4) is 0 Å². The summed E-state index contributed by atoms with van der Waals surface area (Å²) in [5, 5.41) is 6.48. The lowest BCUT2D eigenvalue weighted by Crippen LogP contribution is -2.26. The van der Waals surface area contributed by atoms with Crippen LogP contribution in [0.2, 0.25) is 5.02 Å². The van der Waals surface area contributed by atoms with Crippen molar-refractivity contribution in [1.82, 2.24) is 5.32 Å². The number of amides is 2. The molecule has 0 aliphatic heterocycles. The van der Waals surface area contributed by atoms with Crippen molar-refractivity contribution in [2.75, 3.05) is 5.32 Å². The monoisotopic (exact) mass is 342 g/mol. The molecule has 0 spiro atoms. The first-order chi connectivity index (χ1) is 11.5. The molecule has 0 unspecified atom stereocenters. The number of halogens is 1. The van der Waals surface area contributed by atoms with Crippen LogP contribution < -0.4 is 10.6 Å². The summed E-state index contributed by atoms with van der Waals surface area (Å²) < 4.78 is 0. The molecule has 1 aliphatic carbocycles. The number of rotatable bonds is 5. The Hall–Kier alpha value is -2.33. The largest absolute Gasteiger partial charge is 0.346 e. The van der Waals surface area contributed by atoms with Crippen LogP contribution in [-0.2, 0) is 4.79 Å². The van der Waals surface area contributed by atoms with E-state index in [2.05, 4.69) is 10.6 Å². The molecule has 124 valence electrons. The number of hydrogen-bond donors (Lipinski definition) is 2. The number of carbonyl (C=O) groups is 2. The van der Waals surface area contributed by atoms with E-state index in [1.54, 1.807) is 36.4 Å². The fourth-order valence-electron chi connectivity index (χ4n) is 2.41. The predicted molar refractivity (Wildman–Crippen MR) is 95.1 cm³/mol. The summed E-state index contributed by atoms with van der Waals surface area (Å²) in [4.78, 5) is 24.0. The van der Waals surface area contributed by atoms with E-state index >= 15 is 0 Å². The first-order valence-corrected chi connectivity index (χ1v) is 8.38. The van der Waals surface area contributed by atoms with Gasteiger partial charge in [0.25, 0.3) is 5.91 Å². The molecule has 1 saturated carbocycles. The minimum absolute atomic E-state index is 0.0589. The van der Waals surface area contributed by atoms with Gasteiger partial charge in [0, 0.05) is 22.2 Å². The zero-order valence-electron chi connectivity index (χ0n) is 13.4. The molecule has 5 heteroatoms. The highest BCUT2D eigenvalue weighted by molar-refractivity contribution is 6.30. The average Bonchev–Trinajstić information content (AvgIpc) is 3.41. The normalized spacial score (nSPS) is 14.8. The highest BCUT2D eigenvalue weighted by Crippen LogP contribution is 2.30. The molecule has 2 aromatic rings. The van der Waals surface area contributed by atoms with Crippen LogP contribution in [0.25, 0.3) is 0 Å². The summed E-state index contributed by atoms with van der Waals surface area (Å²) in [5.74, 6) is 0.0642. The Morgan fingerprint density at radius 3 is 2.25 bits per heavy atom. The summed E-state index contributed by atoms with van der Waals surface area (Å²) in [5.41, 5.74) is 2.26. The summed E-state index contributed by atoms with van der Waals surface area (Å²) in [6.45, 7) is 1.92. The lowest BCUT2D eigenvalue weighted by Gasteiger charge is -2.14. The maximum Gasteiger partial charge on any atom is 0.251 e. The van der Waals surface area contributed by atoms with Gasteiger partial charge in [-0.2, -0.15) is 0 Å². The van der Waals surface area contributed by atoms with E-state index in [-0.39, 0.29) is 23.8 Å². The Morgan fingerprint density at radius 2 is 1.67 bits per heavy atom. The van der Waals surface area contributed by atoms with Crippen LogP contribution in [0.3, 0.4) is 0 Å². The molecule has 0 heterocycles. The second-order valence-electron chi connectivity index (χ2n) is 6.09. The van der Waals surface area contributed by atoms with Crippen molar-refractivity contribution in [3.63, 3.8) is 0 Å². The maximum absolute atomic E-state index is 12.3. The van der Waals surface area contributed by atoms with Gasteiger partial charge in [-0.1, -0.05) is 23.7 Å². The van der Waals surface area contributed by atoms with Gasteiger partial charge in [-0.25, -0.2) is 0 Å². The molecule has 0 saturated heterocycles. The van der Waals surface area contributed by atoms with Gasteiger partial charge >= 0.3 is 0 Å². The van der Waals surface area contributed by atoms with E-state index in [0.717, 1.165) is 18.4 Å². The molecule has 4 nitrogen and oxygen atoms in total. The lowest BCUT2D eigenvalue weighted by molar-refractivity contribution is -0.117. The topological polar surface area (TPSA) is 58.2 Å². The molecule has 1 fully saturated rings. The quantitative estimate of drug-likeness (QED) is 0.856. The molecule has 1 atom stereocenters. The van der Waals surface area contributed by atoms with Crippen LogP contribution in [0.1, 0.15) is 41.7 Å². The molecular formula is C19H19ClN2O2. The van der Waals surface area contributed by atoms with Crippen LogP contribution in [0.4, 0.5) is 5.69 Å². The van der Waals surface area contributed by atoms with Crippen molar-refractivity contribution in [2.45, 2.75) is 25.8 Å². The summed E-state index contributed by atoms with van der Waals surface area (Å²) >= 11 is 5.87. The van der Waals surface area contributed by atoms with Gasteiger partial charge in [0.05, 0.1) is 6.04 Å². The number of carbonyl (C=O) groups excluding carboxylic acids is 2. The molecule has 0 radical (unpaired) electrons. The Labute approximate surface area is 146 Å². The van der Waals surface area contributed by atoms with Gasteiger partial charge in [-0.05, 0) is 61.7 Å². The van der Waals surface area contributed by atoms with Crippen molar-refractivity contribution < 1.29 is 9.59 Å². The summed E-state index contributed by atoms with van der Waals surface area (Å²) in [6, 6.07) is 14.2. The van der Waals surface area contributed by atoms with Crippen LogP contribution >= 0.6 is 11.6 Å². The molecule has 2 amide bonds. The standard InChI is InChI=1S/C19H19ClN2O2/c1-12(13-4-8-16(20)9-5-13)21-18(23)15-6-10-17(11-7-15)22-19(24)14-2-3-14/h4-12,14H,2-3H2,1H3,(H,21,23)(H,22,24)/t12-/m0/s1. The van der Waals surface area contributed by atoms with E-state index < -0.39 is 0 Å². The fraction of sp³-hybridized carbons (Fsp3) is 0.263. The molecular weight excluding hydrogens is 324 g/mol. The smallest absolute Gasteiger partial charge is 0.251 e. The highest BCUT2D eigenvalue weighted by Gasteiger charge is 2.29. The Kier molecular flexibility index (Phi) is 4.86. The van der Waals surface area contributed by atoms with Crippen molar-refractivity contribution in [2.24, 2.45) is 5.92 Å². The molecule has 3 rings (SSSR count). The van der Waals surface area contributed by atoms with Gasteiger partial charge in [0.15, 0.2) is 0 Å². The zero-order valence-corrected chi connectivity index (χ0v) is 14.1. The Bertz CT molecular complexity index is 737.